The smallest absolute Gasteiger partial charge is 0.298 e. The summed E-state index contributed by atoms with van der Waals surface area (Å²) >= 11 is 0.937. The average molecular weight is 397 g/mol. The molecule has 2 amide bonds. The summed E-state index contributed by atoms with van der Waals surface area (Å²) in [5.74, 6) is 0.949. The van der Waals surface area contributed by atoms with Crippen molar-refractivity contribution in [3.8, 4) is 11.5 Å². The SMILES string of the molecule is CCCCOc1ccc(/C=C2\SC(=O)N(c3ccc(C)cc3)C2=O)cc1OC. The quantitative estimate of drug-likeness (QED) is 0.461. The number of anilines is 1. The lowest BCUT2D eigenvalue weighted by Crippen LogP contribution is -2.27. The van der Waals surface area contributed by atoms with E-state index in [1.165, 1.54) is 4.90 Å². The molecule has 1 saturated heterocycles. The first-order valence-electron chi connectivity index (χ1n) is 9.19. The minimum Gasteiger partial charge on any atom is -0.493 e. The van der Waals surface area contributed by atoms with Crippen LogP contribution in [0, 0.1) is 6.92 Å². The topological polar surface area (TPSA) is 55.8 Å². The van der Waals surface area contributed by atoms with Gasteiger partial charge in [0.2, 0.25) is 0 Å². The van der Waals surface area contributed by atoms with Crippen LogP contribution in [0.3, 0.4) is 0 Å². The van der Waals surface area contributed by atoms with Crippen LogP contribution in [0.1, 0.15) is 30.9 Å². The number of aryl methyl sites for hydroxylation is 1. The summed E-state index contributed by atoms with van der Waals surface area (Å²) in [7, 11) is 1.58. The number of ether oxygens (including phenoxy) is 2. The summed E-state index contributed by atoms with van der Waals surface area (Å²) in [5.41, 5.74) is 2.42. The van der Waals surface area contributed by atoms with Gasteiger partial charge in [0.05, 0.1) is 24.3 Å². The highest BCUT2D eigenvalue weighted by molar-refractivity contribution is 8.19. The molecule has 3 rings (SSSR count). The number of benzene rings is 2. The van der Waals surface area contributed by atoms with E-state index in [1.54, 1.807) is 31.4 Å². The van der Waals surface area contributed by atoms with Gasteiger partial charge in [0.15, 0.2) is 11.5 Å². The predicted octanol–water partition coefficient (Wildman–Crippen LogP) is 5.42. The Morgan fingerprint density at radius 2 is 1.82 bits per heavy atom. The molecule has 6 heteroatoms. The maximum atomic E-state index is 12.8. The molecule has 0 aliphatic carbocycles. The Kier molecular flexibility index (Phi) is 6.41. The molecule has 1 heterocycles. The highest BCUT2D eigenvalue weighted by Gasteiger charge is 2.36. The number of imide groups is 1. The molecule has 1 aliphatic rings. The molecule has 0 spiro atoms. The second kappa shape index (κ2) is 8.97. The maximum Gasteiger partial charge on any atom is 0.298 e. The van der Waals surface area contributed by atoms with Crippen LogP contribution in [0.25, 0.3) is 6.08 Å². The van der Waals surface area contributed by atoms with Gasteiger partial charge in [-0.05, 0) is 61.0 Å². The zero-order valence-corrected chi connectivity index (χ0v) is 17.0. The second-order valence-electron chi connectivity index (χ2n) is 6.46. The van der Waals surface area contributed by atoms with Gasteiger partial charge >= 0.3 is 0 Å². The maximum absolute atomic E-state index is 12.8. The van der Waals surface area contributed by atoms with E-state index in [2.05, 4.69) is 6.92 Å². The van der Waals surface area contributed by atoms with Crippen LogP contribution in [-0.4, -0.2) is 24.9 Å². The molecule has 0 aromatic heterocycles. The van der Waals surface area contributed by atoms with Crippen LogP contribution < -0.4 is 14.4 Å². The number of hydrogen-bond acceptors (Lipinski definition) is 5. The number of carbonyl (C=O) groups is 2. The Balaban J connectivity index is 1.82. The first-order valence-corrected chi connectivity index (χ1v) is 10.0. The normalized spacial score (nSPS) is 15.4. The van der Waals surface area contributed by atoms with E-state index in [-0.39, 0.29) is 11.1 Å². The summed E-state index contributed by atoms with van der Waals surface area (Å²) in [5, 5.41) is -0.299. The zero-order valence-electron chi connectivity index (χ0n) is 16.2. The van der Waals surface area contributed by atoms with Crippen molar-refractivity contribution < 1.29 is 19.1 Å². The summed E-state index contributed by atoms with van der Waals surface area (Å²) in [4.78, 5) is 26.7. The molecule has 0 N–H and O–H groups in total. The Morgan fingerprint density at radius 1 is 1.07 bits per heavy atom. The van der Waals surface area contributed by atoms with Gasteiger partial charge in [-0.1, -0.05) is 37.1 Å². The molecule has 0 bridgehead atoms. The van der Waals surface area contributed by atoms with E-state index < -0.39 is 0 Å². The zero-order chi connectivity index (χ0) is 20.1. The van der Waals surface area contributed by atoms with Crippen LogP contribution in [0.4, 0.5) is 10.5 Å². The molecule has 0 atom stereocenters. The van der Waals surface area contributed by atoms with Crippen molar-refractivity contribution in [3.63, 3.8) is 0 Å². The summed E-state index contributed by atoms with van der Waals surface area (Å²) < 4.78 is 11.1. The van der Waals surface area contributed by atoms with Gasteiger partial charge in [-0.15, -0.1) is 0 Å². The van der Waals surface area contributed by atoms with Gasteiger partial charge in [0.25, 0.3) is 11.1 Å². The van der Waals surface area contributed by atoms with Crippen LogP contribution in [0.15, 0.2) is 47.4 Å². The van der Waals surface area contributed by atoms with Crippen molar-refractivity contribution in [3.05, 3.63) is 58.5 Å². The molecule has 28 heavy (non-hydrogen) atoms. The first kappa shape index (κ1) is 20.0. The van der Waals surface area contributed by atoms with Crippen molar-refractivity contribution >= 4 is 34.7 Å². The molecule has 2 aromatic carbocycles. The van der Waals surface area contributed by atoms with Gasteiger partial charge in [0.1, 0.15) is 0 Å². The largest absolute Gasteiger partial charge is 0.493 e. The molecule has 5 nitrogen and oxygen atoms in total. The minimum absolute atomic E-state index is 0.299. The van der Waals surface area contributed by atoms with E-state index in [1.807, 2.05) is 31.2 Å². The fourth-order valence-corrected chi connectivity index (χ4v) is 3.60. The fourth-order valence-electron chi connectivity index (χ4n) is 2.76. The number of amides is 2. The molecule has 0 radical (unpaired) electrons. The van der Waals surface area contributed by atoms with E-state index in [0.29, 0.717) is 28.7 Å². The van der Waals surface area contributed by atoms with Gasteiger partial charge in [-0.25, -0.2) is 4.90 Å². The van der Waals surface area contributed by atoms with E-state index in [0.717, 1.165) is 35.7 Å². The van der Waals surface area contributed by atoms with Gasteiger partial charge in [-0.3, -0.25) is 9.59 Å². The molecular weight excluding hydrogens is 374 g/mol. The fraction of sp³-hybridized carbons (Fsp3) is 0.273. The van der Waals surface area contributed by atoms with E-state index >= 15 is 0 Å². The lowest BCUT2D eigenvalue weighted by molar-refractivity contribution is -0.113. The summed E-state index contributed by atoms with van der Waals surface area (Å²) in [6.07, 6.45) is 3.73. The van der Waals surface area contributed by atoms with Crippen molar-refractivity contribution in [1.29, 1.82) is 0 Å². The minimum atomic E-state index is -0.318. The van der Waals surface area contributed by atoms with Crippen molar-refractivity contribution in [2.45, 2.75) is 26.7 Å². The first-order chi connectivity index (χ1) is 13.5. The molecule has 0 unspecified atom stereocenters. The van der Waals surface area contributed by atoms with Gasteiger partial charge < -0.3 is 9.47 Å². The Hall–Kier alpha value is -2.73. The molecule has 146 valence electrons. The monoisotopic (exact) mass is 397 g/mol. The van der Waals surface area contributed by atoms with Crippen molar-refractivity contribution in [2.75, 3.05) is 18.6 Å². The van der Waals surface area contributed by atoms with E-state index in [4.69, 9.17) is 9.47 Å². The molecule has 2 aromatic rings. The predicted molar refractivity (Wildman–Crippen MR) is 113 cm³/mol. The highest BCUT2D eigenvalue weighted by atomic mass is 32.2. The molecule has 1 fully saturated rings. The molecular formula is C22H23NO4S. The number of carbonyl (C=O) groups excluding carboxylic acids is 2. The van der Waals surface area contributed by atoms with Crippen LogP contribution in [-0.2, 0) is 4.79 Å². The Labute approximate surface area is 169 Å². The number of unbranched alkanes of at least 4 members (excludes halogenated alkanes) is 1. The number of rotatable bonds is 7. The van der Waals surface area contributed by atoms with Gasteiger partial charge in [-0.2, -0.15) is 0 Å². The van der Waals surface area contributed by atoms with Crippen LogP contribution >= 0.6 is 11.8 Å². The molecule has 1 aliphatic heterocycles. The number of hydrogen-bond donors (Lipinski definition) is 0. The van der Waals surface area contributed by atoms with Crippen LogP contribution in [0.5, 0.6) is 11.5 Å². The average Bonchev–Trinajstić information content (AvgIpc) is 2.97. The Bertz CT molecular complexity index is 905. The lowest BCUT2D eigenvalue weighted by Gasteiger charge is -2.12. The number of methoxy groups -OCH3 is 1. The van der Waals surface area contributed by atoms with Crippen molar-refractivity contribution in [2.24, 2.45) is 0 Å². The third-order valence-corrected chi connectivity index (χ3v) is 5.20. The summed E-state index contributed by atoms with van der Waals surface area (Å²) in [6, 6.07) is 12.8. The highest BCUT2D eigenvalue weighted by Crippen LogP contribution is 2.37. The number of nitrogens with zero attached hydrogens (tertiary/aromatic N) is 1. The lowest BCUT2D eigenvalue weighted by atomic mass is 10.1. The summed E-state index contributed by atoms with van der Waals surface area (Å²) in [6.45, 7) is 4.69. The standard InChI is InChI=1S/C22H23NO4S/c1-4-5-12-27-18-11-8-16(13-19(18)26-3)14-20-21(24)23(22(25)28-20)17-9-6-15(2)7-10-17/h6-11,13-14H,4-5,12H2,1-3H3/b20-14-. The third-order valence-electron chi connectivity index (χ3n) is 4.33. The van der Waals surface area contributed by atoms with Gasteiger partial charge in [0, 0.05) is 0 Å². The van der Waals surface area contributed by atoms with Crippen LogP contribution in [0.2, 0.25) is 0 Å². The third kappa shape index (κ3) is 4.39. The van der Waals surface area contributed by atoms with E-state index in [9.17, 15) is 9.59 Å². The van der Waals surface area contributed by atoms with Crippen molar-refractivity contribution in [1.82, 2.24) is 0 Å². The Morgan fingerprint density at radius 3 is 2.50 bits per heavy atom. The molecule has 0 saturated carbocycles. The second-order valence-corrected chi connectivity index (χ2v) is 7.46. The number of thioether (sulfide) groups is 1.